The Kier molecular flexibility index (Phi) is 5.08. The molecule has 0 aromatic rings. The lowest BCUT2D eigenvalue weighted by atomic mass is 9.99. The fraction of sp³-hybridized carbons (Fsp3) is 0.857. The first-order chi connectivity index (χ1) is 7.86. The molecule has 2 fully saturated rings. The average Bonchev–Trinajstić information content (AvgIpc) is 2.66. The number of ether oxygens (including phenoxy) is 1. The lowest BCUT2D eigenvalue weighted by Crippen LogP contribution is -2.20. The molecule has 0 aromatic heterocycles. The Balaban J connectivity index is 1.77. The molecule has 1 aliphatic heterocycles. The maximum atomic E-state index is 5.95. The van der Waals surface area contributed by atoms with Gasteiger partial charge in [-0.1, -0.05) is 6.42 Å². The minimum atomic E-state index is 0.415. The largest absolute Gasteiger partial charge is 0.498 e. The van der Waals surface area contributed by atoms with E-state index in [4.69, 9.17) is 4.74 Å². The first-order valence-corrected chi connectivity index (χ1v) is 7.93. The summed E-state index contributed by atoms with van der Waals surface area (Å²) in [5.74, 6) is 3.42. The highest BCUT2D eigenvalue weighted by Gasteiger charge is 2.20. The quantitative estimate of drug-likeness (QED) is 0.677. The molecular formula is C14H24OS. The van der Waals surface area contributed by atoms with Crippen molar-refractivity contribution in [2.75, 3.05) is 11.5 Å². The Morgan fingerprint density at radius 3 is 2.88 bits per heavy atom. The number of hydrogen-bond acceptors (Lipinski definition) is 2. The van der Waals surface area contributed by atoms with Gasteiger partial charge in [-0.15, -0.1) is 0 Å². The summed E-state index contributed by atoms with van der Waals surface area (Å²) in [4.78, 5) is 0. The summed E-state index contributed by atoms with van der Waals surface area (Å²) in [6.45, 7) is 2.25. The first kappa shape index (κ1) is 12.3. The van der Waals surface area contributed by atoms with Crippen LogP contribution in [0.1, 0.15) is 51.9 Å². The summed E-state index contributed by atoms with van der Waals surface area (Å²) in [5, 5.41) is 0. The zero-order valence-electron chi connectivity index (χ0n) is 10.4. The van der Waals surface area contributed by atoms with Crippen LogP contribution in [0.3, 0.4) is 0 Å². The molecule has 2 unspecified atom stereocenters. The first-order valence-electron chi connectivity index (χ1n) is 6.77. The molecular weight excluding hydrogens is 216 g/mol. The molecule has 0 radical (unpaired) electrons. The number of thioether (sulfide) groups is 1. The van der Waals surface area contributed by atoms with Crippen molar-refractivity contribution in [2.24, 2.45) is 5.92 Å². The monoisotopic (exact) mass is 240 g/mol. The summed E-state index contributed by atoms with van der Waals surface area (Å²) in [6.07, 6.45) is 11.9. The minimum Gasteiger partial charge on any atom is -0.498 e. The molecule has 1 aliphatic carbocycles. The summed E-state index contributed by atoms with van der Waals surface area (Å²) in [7, 11) is 0. The number of allylic oxidation sites excluding steroid dienone is 1. The van der Waals surface area contributed by atoms with Gasteiger partial charge in [-0.25, -0.2) is 0 Å². The van der Waals surface area contributed by atoms with Crippen LogP contribution in [-0.4, -0.2) is 17.6 Å². The Morgan fingerprint density at radius 1 is 1.25 bits per heavy atom. The summed E-state index contributed by atoms with van der Waals surface area (Å²) >= 11 is 2.11. The second kappa shape index (κ2) is 6.58. The van der Waals surface area contributed by atoms with Crippen molar-refractivity contribution in [1.82, 2.24) is 0 Å². The number of hydrogen-bond donors (Lipinski definition) is 0. The topological polar surface area (TPSA) is 9.23 Å². The molecule has 1 saturated carbocycles. The lowest BCUT2D eigenvalue weighted by molar-refractivity contribution is 0.105. The molecule has 1 nitrogen and oxygen atoms in total. The van der Waals surface area contributed by atoms with Gasteiger partial charge in [0.15, 0.2) is 0 Å². The summed E-state index contributed by atoms with van der Waals surface area (Å²) in [5.41, 5.74) is 1.54. The van der Waals surface area contributed by atoms with E-state index in [1.807, 2.05) is 0 Å². The van der Waals surface area contributed by atoms with Gasteiger partial charge < -0.3 is 4.74 Å². The zero-order valence-corrected chi connectivity index (χ0v) is 11.2. The standard InChI is InChI=1S/C14H24OS/c1-12(14-8-4-5-9-16-11-14)15-10-13-6-2-3-7-13/h10,12,14H,2-9,11H2,1H3. The van der Waals surface area contributed by atoms with Gasteiger partial charge in [0.25, 0.3) is 0 Å². The Labute approximate surface area is 104 Å². The molecule has 92 valence electrons. The molecule has 1 heterocycles. The van der Waals surface area contributed by atoms with Crippen LogP contribution in [0.4, 0.5) is 0 Å². The van der Waals surface area contributed by atoms with Crippen LogP contribution < -0.4 is 0 Å². The third-order valence-corrected chi connectivity index (χ3v) is 5.05. The smallest absolute Gasteiger partial charge is 0.0986 e. The van der Waals surface area contributed by atoms with Gasteiger partial charge in [0, 0.05) is 5.92 Å². The van der Waals surface area contributed by atoms with Crippen molar-refractivity contribution in [3.8, 4) is 0 Å². The van der Waals surface area contributed by atoms with E-state index in [9.17, 15) is 0 Å². The third kappa shape index (κ3) is 3.73. The van der Waals surface area contributed by atoms with Crippen molar-refractivity contribution < 1.29 is 4.74 Å². The van der Waals surface area contributed by atoms with Gasteiger partial charge >= 0.3 is 0 Å². The SMILES string of the molecule is CC(OC=C1CCCC1)C1CCCCSC1. The highest BCUT2D eigenvalue weighted by molar-refractivity contribution is 7.99. The Hall–Kier alpha value is -0.110. The number of rotatable bonds is 3. The maximum Gasteiger partial charge on any atom is 0.0986 e. The Morgan fingerprint density at radius 2 is 2.06 bits per heavy atom. The van der Waals surface area contributed by atoms with Gasteiger partial charge in [-0.2, -0.15) is 11.8 Å². The third-order valence-electron chi connectivity index (χ3n) is 3.80. The molecule has 1 saturated heterocycles. The fourth-order valence-corrected chi connectivity index (χ4v) is 3.88. The van der Waals surface area contributed by atoms with E-state index in [0.717, 1.165) is 5.92 Å². The summed E-state index contributed by atoms with van der Waals surface area (Å²) < 4.78 is 5.95. The van der Waals surface area contributed by atoms with Crippen LogP contribution in [-0.2, 0) is 4.74 Å². The van der Waals surface area contributed by atoms with Gasteiger partial charge in [0.05, 0.1) is 12.4 Å². The van der Waals surface area contributed by atoms with E-state index < -0.39 is 0 Å². The molecule has 0 bridgehead atoms. The van der Waals surface area contributed by atoms with E-state index in [-0.39, 0.29) is 0 Å². The predicted octanol–water partition coefficient (Wildman–Crippen LogP) is 4.38. The van der Waals surface area contributed by atoms with Gasteiger partial charge in [-0.05, 0) is 62.5 Å². The zero-order chi connectivity index (χ0) is 11.2. The van der Waals surface area contributed by atoms with Crippen molar-refractivity contribution >= 4 is 11.8 Å². The highest BCUT2D eigenvalue weighted by Crippen LogP contribution is 2.28. The highest BCUT2D eigenvalue weighted by atomic mass is 32.2. The minimum absolute atomic E-state index is 0.415. The molecule has 2 atom stereocenters. The van der Waals surface area contributed by atoms with Gasteiger partial charge in [0.2, 0.25) is 0 Å². The van der Waals surface area contributed by atoms with Crippen LogP contribution in [0.15, 0.2) is 11.8 Å². The molecule has 0 N–H and O–H groups in total. The predicted molar refractivity (Wildman–Crippen MR) is 71.8 cm³/mol. The van der Waals surface area contributed by atoms with E-state index >= 15 is 0 Å². The van der Waals surface area contributed by atoms with Crippen LogP contribution in [0.25, 0.3) is 0 Å². The van der Waals surface area contributed by atoms with Crippen LogP contribution in [0, 0.1) is 5.92 Å². The van der Waals surface area contributed by atoms with Crippen molar-refractivity contribution in [1.29, 1.82) is 0 Å². The molecule has 2 rings (SSSR count). The molecule has 0 aromatic carbocycles. The lowest BCUT2D eigenvalue weighted by Gasteiger charge is -2.21. The maximum absolute atomic E-state index is 5.95. The van der Waals surface area contributed by atoms with Crippen molar-refractivity contribution in [3.05, 3.63) is 11.8 Å². The van der Waals surface area contributed by atoms with Gasteiger partial charge in [0.1, 0.15) is 0 Å². The van der Waals surface area contributed by atoms with Crippen LogP contribution >= 0.6 is 11.8 Å². The molecule has 0 spiro atoms. The molecule has 2 aliphatic rings. The van der Waals surface area contributed by atoms with Crippen LogP contribution in [0.5, 0.6) is 0 Å². The molecule has 16 heavy (non-hydrogen) atoms. The fourth-order valence-electron chi connectivity index (χ4n) is 2.56. The van der Waals surface area contributed by atoms with Crippen molar-refractivity contribution in [3.63, 3.8) is 0 Å². The van der Waals surface area contributed by atoms with E-state index in [2.05, 4.69) is 24.9 Å². The second-order valence-electron chi connectivity index (χ2n) is 5.16. The van der Waals surface area contributed by atoms with Crippen LogP contribution in [0.2, 0.25) is 0 Å². The van der Waals surface area contributed by atoms with Crippen molar-refractivity contribution in [2.45, 2.75) is 58.0 Å². The van der Waals surface area contributed by atoms with E-state index in [1.165, 1.54) is 62.0 Å². The van der Waals surface area contributed by atoms with Gasteiger partial charge in [-0.3, -0.25) is 0 Å². The van der Waals surface area contributed by atoms with E-state index in [0.29, 0.717) is 6.10 Å². The summed E-state index contributed by atoms with van der Waals surface area (Å²) in [6, 6.07) is 0. The average molecular weight is 240 g/mol. The molecule has 0 amide bonds. The normalized spacial score (nSPS) is 28.6. The van der Waals surface area contributed by atoms with E-state index in [1.54, 1.807) is 0 Å². The second-order valence-corrected chi connectivity index (χ2v) is 6.31. The Bertz CT molecular complexity index is 221. The molecule has 2 heteroatoms.